The van der Waals surface area contributed by atoms with Gasteiger partial charge in [0, 0.05) is 5.54 Å². The van der Waals surface area contributed by atoms with Crippen molar-refractivity contribution in [3.8, 4) is 0 Å². The van der Waals surface area contributed by atoms with Crippen molar-refractivity contribution in [1.82, 2.24) is 5.32 Å². The minimum Gasteiger partial charge on any atom is -0.409 e. The molecule has 102 valence electrons. The van der Waals surface area contributed by atoms with Gasteiger partial charge >= 0.3 is 0 Å². The minimum absolute atomic E-state index is 0.0558. The van der Waals surface area contributed by atoms with Gasteiger partial charge in [-0.15, -0.1) is 0 Å². The molecule has 0 heterocycles. The average molecular weight is 253 g/mol. The van der Waals surface area contributed by atoms with Crippen LogP contribution in [0.3, 0.4) is 0 Å². The lowest BCUT2D eigenvalue weighted by Gasteiger charge is -2.43. The molecule has 0 spiro atoms. The average Bonchev–Trinajstić information content (AvgIpc) is 2.36. The summed E-state index contributed by atoms with van der Waals surface area (Å²) in [5.74, 6) is 0.0160. The summed E-state index contributed by atoms with van der Waals surface area (Å²) in [4.78, 5) is 12.5. The second-order valence-corrected chi connectivity index (χ2v) is 6.00. The first-order valence-electron chi connectivity index (χ1n) is 6.83. The van der Waals surface area contributed by atoms with E-state index >= 15 is 0 Å². The Hall–Kier alpha value is -1.26. The maximum Gasteiger partial charge on any atom is 0.234 e. The first-order valence-corrected chi connectivity index (χ1v) is 6.83. The summed E-state index contributed by atoms with van der Waals surface area (Å²) in [6.45, 7) is 2.07. The Kier molecular flexibility index (Phi) is 3.50. The largest absolute Gasteiger partial charge is 0.409 e. The molecule has 0 aromatic carbocycles. The van der Waals surface area contributed by atoms with E-state index in [9.17, 15) is 4.79 Å². The smallest absolute Gasteiger partial charge is 0.234 e. The van der Waals surface area contributed by atoms with Gasteiger partial charge in [-0.3, -0.25) is 4.79 Å². The van der Waals surface area contributed by atoms with Crippen LogP contribution in [0, 0.1) is 5.41 Å². The van der Waals surface area contributed by atoms with E-state index in [0.29, 0.717) is 12.8 Å². The van der Waals surface area contributed by atoms with Crippen molar-refractivity contribution >= 4 is 11.7 Å². The number of nitrogens with zero attached hydrogens (tertiary/aromatic N) is 1. The van der Waals surface area contributed by atoms with Gasteiger partial charge in [-0.2, -0.15) is 0 Å². The first kappa shape index (κ1) is 13.2. The van der Waals surface area contributed by atoms with Crippen molar-refractivity contribution in [2.75, 3.05) is 0 Å². The zero-order valence-corrected chi connectivity index (χ0v) is 11.0. The molecule has 2 saturated carbocycles. The maximum atomic E-state index is 12.5. The lowest BCUT2D eigenvalue weighted by Crippen LogP contribution is -2.59. The molecule has 0 aromatic heterocycles. The number of oxime groups is 1. The Bertz CT molecular complexity index is 355. The summed E-state index contributed by atoms with van der Waals surface area (Å²) < 4.78 is 0. The van der Waals surface area contributed by atoms with Crippen LogP contribution < -0.4 is 11.1 Å². The normalized spacial score (nSPS) is 26.2. The van der Waals surface area contributed by atoms with Crippen molar-refractivity contribution in [3.05, 3.63) is 0 Å². The fraction of sp³-hybridized carbons (Fsp3) is 0.846. The second-order valence-electron chi connectivity index (χ2n) is 6.00. The van der Waals surface area contributed by atoms with Crippen LogP contribution in [0.1, 0.15) is 58.3 Å². The Morgan fingerprint density at radius 1 is 1.17 bits per heavy atom. The molecule has 0 radical (unpaired) electrons. The number of hydrogen-bond acceptors (Lipinski definition) is 3. The molecule has 2 aliphatic carbocycles. The van der Waals surface area contributed by atoms with E-state index in [0.717, 1.165) is 38.5 Å². The van der Waals surface area contributed by atoms with E-state index in [1.807, 2.05) is 0 Å². The molecule has 0 aliphatic heterocycles. The molecule has 2 rings (SSSR count). The quantitative estimate of drug-likeness (QED) is 0.310. The number of hydrogen-bond donors (Lipinski definition) is 3. The Balaban J connectivity index is 2.15. The highest BCUT2D eigenvalue weighted by molar-refractivity contribution is 6.07. The van der Waals surface area contributed by atoms with Gasteiger partial charge in [-0.1, -0.05) is 24.4 Å². The standard InChI is InChI=1S/C13H23N3O2/c1-12(6-5-7-12)15-11(17)13(10(14)16-18)8-3-2-4-9-13/h18H,2-9H2,1H3,(H2,14,16)(H,15,17). The molecule has 5 nitrogen and oxygen atoms in total. The van der Waals surface area contributed by atoms with E-state index in [1.54, 1.807) is 0 Å². The first-order chi connectivity index (χ1) is 8.52. The Morgan fingerprint density at radius 3 is 2.22 bits per heavy atom. The molecular weight excluding hydrogens is 230 g/mol. The fourth-order valence-corrected chi connectivity index (χ4v) is 3.08. The van der Waals surface area contributed by atoms with Gasteiger partial charge in [-0.05, 0) is 39.0 Å². The highest BCUT2D eigenvalue weighted by Gasteiger charge is 2.46. The van der Waals surface area contributed by atoms with E-state index < -0.39 is 5.41 Å². The van der Waals surface area contributed by atoms with Crippen LogP contribution in [-0.2, 0) is 4.79 Å². The van der Waals surface area contributed by atoms with Gasteiger partial charge in [0.15, 0.2) is 5.84 Å². The molecule has 2 fully saturated rings. The zero-order valence-electron chi connectivity index (χ0n) is 11.0. The third kappa shape index (κ3) is 2.18. The van der Waals surface area contributed by atoms with E-state index in [4.69, 9.17) is 10.9 Å². The van der Waals surface area contributed by atoms with Crippen molar-refractivity contribution in [2.24, 2.45) is 16.3 Å². The molecule has 0 saturated heterocycles. The van der Waals surface area contributed by atoms with E-state index in [-0.39, 0.29) is 17.3 Å². The summed E-state index contributed by atoms with van der Waals surface area (Å²) in [5.41, 5.74) is 4.93. The Labute approximate surface area is 108 Å². The summed E-state index contributed by atoms with van der Waals surface area (Å²) in [7, 11) is 0. The number of carbonyl (C=O) groups is 1. The summed E-state index contributed by atoms with van der Waals surface area (Å²) >= 11 is 0. The topological polar surface area (TPSA) is 87.7 Å². The van der Waals surface area contributed by atoms with Gasteiger partial charge in [0.2, 0.25) is 5.91 Å². The number of carbonyl (C=O) groups excluding carboxylic acids is 1. The molecule has 0 bridgehead atoms. The van der Waals surface area contributed by atoms with Crippen LogP contribution in [0.2, 0.25) is 0 Å². The molecule has 0 atom stereocenters. The lowest BCUT2D eigenvalue weighted by molar-refractivity contribution is -0.131. The molecule has 5 heteroatoms. The number of rotatable bonds is 3. The third-order valence-corrected chi connectivity index (χ3v) is 4.61. The van der Waals surface area contributed by atoms with Crippen molar-refractivity contribution in [2.45, 2.75) is 63.8 Å². The van der Waals surface area contributed by atoms with Crippen LogP contribution in [0.5, 0.6) is 0 Å². The zero-order chi connectivity index (χ0) is 13.2. The molecule has 0 aromatic rings. The van der Waals surface area contributed by atoms with Crippen molar-refractivity contribution in [3.63, 3.8) is 0 Å². The van der Waals surface area contributed by atoms with Crippen molar-refractivity contribution in [1.29, 1.82) is 0 Å². The number of amides is 1. The molecule has 18 heavy (non-hydrogen) atoms. The highest BCUT2D eigenvalue weighted by Crippen LogP contribution is 2.39. The van der Waals surface area contributed by atoms with Gasteiger partial charge in [0.1, 0.15) is 5.41 Å². The molecule has 4 N–H and O–H groups in total. The minimum atomic E-state index is -0.786. The van der Waals surface area contributed by atoms with Crippen LogP contribution >= 0.6 is 0 Å². The van der Waals surface area contributed by atoms with Gasteiger partial charge < -0.3 is 16.3 Å². The van der Waals surface area contributed by atoms with Crippen LogP contribution in [0.15, 0.2) is 5.16 Å². The molecule has 2 aliphatic rings. The van der Waals surface area contributed by atoms with E-state index in [1.165, 1.54) is 0 Å². The predicted octanol–water partition coefficient (Wildman–Crippen LogP) is 1.74. The number of amidine groups is 1. The number of nitrogens with two attached hydrogens (primary N) is 1. The summed E-state index contributed by atoms with van der Waals surface area (Å²) in [6, 6.07) is 0. The number of nitrogens with one attached hydrogen (secondary N) is 1. The van der Waals surface area contributed by atoms with Crippen molar-refractivity contribution < 1.29 is 10.0 Å². The molecular formula is C13H23N3O2. The van der Waals surface area contributed by atoms with Crippen LogP contribution in [-0.4, -0.2) is 22.5 Å². The van der Waals surface area contributed by atoms with Gasteiger partial charge in [-0.25, -0.2) is 0 Å². The maximum absolute atomic E-state index is 12.5. The lowest BCUT2D eigenvalue weighted by atomic mass is 9.70. The highest BCUT2D eigenvalue weighted by atomic mass is 16.4. The predicted molar refractivity (Wildman–Crippen MR) is 69.3 cm³/mol. The molecule has 1 amide bonds. The third-order valence-electron chi connectivity index (χ3n) is 4.61. The monoisotopic (exact) mass is 253 g/mol. The molecule has 0 unspecified atom stereocenters. The van der Waals surface area contributed by atoms with Crippen LogP contribution in [0.4, 0.5) is 0 Å². The van der Waals surface area contributed by atoms with Gasteiger partial charge in [0.05, 0.1) is 0 Å². The summed E-state index contributed by atoms with van der Waals surface area (Å²) in [5, 5.41) is 15.2. The SMILES string of the molecule is CC1(NC(=O)C2(C(N)=NO)CCCCC2)CCC1. The Morgan fingerprint density at radius 2 is 1.78 bits per heavy atom. The van der Waals surface area contributed by atoms with Crippen LogP contribution in [0.25, 0.3) is 0 Å². The van der Waals surface area contributed by atoms with Gasteiger partial charge in [0.25, 0.3) is 0 Å². The second kappa shape index (κ2) is 4.78. The van der Waals surface area contributed by atoms with E-state index in [2.05, 4.69) is 17.4 Å². The fourth-order valence-electron chi connectivity index (χ4n) is 3.08. The summed E-state index contributed by atoms with van der Waals surface area (Å²) in [6.07, 6.45) is 7.60.